The molecule has 1 aromatic heterocycles. The second-order valence-corrected chi connectivity index (χ2v) is 7.05. The zero-order valence-corrected chi connectivity index (χ0v) is 16.6. The number of amides is 1. The number of aromatic nitrogens is 2. The zero-order chi connectivity index (χ0) is 21.0. The number of aryl methyl sites for hydroxylation is 1. The van der Waals surface area contributed by atoms with E-state index in [9.17, 15) is 14.0 Å². The molecule has 0 spiro atoms. The van der Waals surface area contributed by atoms with Crippen LogP contribution in [0.3, 0.4) is 0 Å². The number of hydrogen-bond acceptors (Lipinski definition) is 4. The maximum absolute atomic E-state index is 14.2. The van der Waals surface area contributed by atoms with E-state index in [1.54, 1.807) is 25.1 Å². The van der Waals surface area contributed by atoms with Gasteiger partial charge in [0, 0.05) is 24.8 Å². The first-order valence-electron chi connectivity index (χ1n) is 9.22. The van der Waals surface area contributed by atoms with E-state index >= 15 is 0 Å². The average Bonchev–Trinajstić information content (AvgIpc) is 2.67. The van der Waals surface area contributed by atoms with Crippen LogP contribution in [0.2, 0.25) is 0 Å². The first-order valence-corrected chi connectivity index (χ1v) is 9.22. The first kappa shape index (κ1) is 20.4. The van der Waals surface area contributed by atoms with Crippen molar-refractivity contribution < 1.29 is 9.18 Å². The van der Waals surface area contributed by atoms with Gasteiger partial charge in [-0.2, -0.15) is 5.10 Å². The van der Waals surface area contributed by atoms with Gasteiger partial charge in [-0.1, -0.05) is 36.4 Å². The van der Waals surface area contributed by atoms with Crippen LogP contribution < -0.4 is 10.7 Å². The molecule has 0 saturated heterocycles. The Morgan fingerprint density at radius 1 is 1.10 bits per heavy atom. The molecule has 0 fully saturated rings. The van der Waals surface area contributed by atoms with Crippen molar-refractivity contribution in [2.75, 3.05) is 14.1 Å². The SMILES string of the molecule is Cc1cc(=O)c(C(=O)NCc2ccccc2CN(C)C)nn1-c1ccccc1F. The molecule has 0 aliphatic rings. The number of carbonyl (C=O) groups is 1. The van der Waals surface area contributed by atoms with Gasteiger partial charge in [0.05, 0.1) is 0 Å². The van der Waals surface area contributed by atoms with Gasteiger partial charge in [-0.15, -0.1) is 0 Å². The lowest BCUT2D eigenvalue weighted by molar-refractivity contribution is 0.0942. The number of nitrogens with one attached hydrogen (secondary N) is 1. The molecule has 0 unspecified atom stereocenters. The number of hydrogen-bond donors (Lipinski definition) is 1. The van der Waals surface area contributed by atoms with Crippen LogP contribution in [-0.4, -0.2) is 34.7 Å². The van der Waals surface area contributed by atoms with Crippen molar-refractivity contribution >= 4 is 5.91 Å². The summed E-state index contributed by atoms with van der Waals surface area (Å²) in [5.41, 5.74) is 1.87. The van der Waals surface area contributed by atoms with E-state index < -0.39 is 17.2 Å². The molecule has 1 N–H and O–H groups in total. The van der Waals surface area contributed by atoms with Gasteiger partial charge in [0.2, 0.25) is 5.43 Å². The average molecular weight is 394 g/mol. The lowest BCUT2D eigenvalue weighted by Gasteiger charge is -2.15. The molecule has 7 heteroatoms. The molecule has 0 aliphatic heterocycles. The van der Waals surface area contributed by atoms with Gasteiger partial charge in [-0.25, -0.2) is 9.07 Å². The Morgan fingerprint density at radius 3 is 2.45 bits per heavy atom. The molecule has 0 atom stereocenters. The third kappa shape index (κ3) is 4.75. The van der Waals surface area contributed by atoms with Crippen LogP contribution in [0.5, 0.6) is 0 Å². The Hall–Kier alpha value is -3.32. The topological polar surface area (TPSA) is 67.2 Å². The Morgan fingerprint density at radius 2 is 1.76 bits per heavy atom. The van der Waals surface area contributed by atoms with E-state index in [4.69, 9.17) is 0 Å². The van der Waals surface area contributed by atoms with Crippen molar-refractivity contribution in [3.05, 3.63) is 93.2 Å². The van der Waals surface area contributed by atoms with Gasteiger partial charge in [0.1, 0.15) is 11.5 Å². The fourth-order valence-electron chi connectivity index (χ4n) is 3.06. The highest BCUT2D eigenvalue weighted by Crippen LogP contribution is 2.13. The van der Waals surface area contributed by atoms with Crippen LogP contribution in [0, 0.1) is 12.7 Å². The van der Waals surface area contributed by atoms with Crippen molar-refractivity contribution in [1.82, 2.24) is 20.0 Å². The third-order valence-electron chi connectivity index (χ3n) is 4.45. The number of halogens is 1. The van der Waals surface area contributed by atoms with Crippen molar-refractivity contribution in [3.63, 3.8) is 0 Å². The lowest BCUT2D eigenvalue weighted by atomic mass is 10.1. The normalized spacial score (nSPS) is 10.9. The van der Waals surface area contributed by atoms with E-state index in [0.29, 0.717) is 5.69 Å². The number of carbonyl (C=O) groups excluding carboxylic acids is 1. The van der Waals surface area contributed by atoms with Gasteiger partial charge >= 0.3 is 0 Å². The maximum Gasteiger partial charge on any atom is 0.276 e. The van der Waals surface area contributed by atoms with Crippen LogP contribution >= 0.6 is 0 Å². The third-order valence-corrected chi connectivity index (χ3v) is 4.45. The fourth-order valence-corrected chi connectivity index (χ4v) is 3.06. The summed E-state index contributed by atoms with van der Waals surface area (Å²) < 4.78 is 15.4. The smallest absolute Gasteiger partial charge is 0.276 e. The molecule has 0 radical (unpaired) electrons. The van der Waals surface area contributed by atoms with Crippen molar-refractivity contribution in [2.24, 2.45) is 0 Å². The summed E-state index contributed by atoms with van der Waals surface area (Å²) in [7, 11) is 3.94. The molecule has 29 heavy (non-hydrogen) atoms. The van der Waals surface area contributed by atoms with Gasteiger partial charge in [-0.05, 0) is 44.3 Å². The highest BCUT2D eigenvalue weighted by Gasteiger charge is 2.17. The summed E-state index contributed by atoms with van der Waals surface area (Å²) in [4.78, 5) is 27.0. The van der Waals surface area contributed by atoms with E-state index in [0.717, 1.165) is 17.7 Å². The summed E-state index contributed by atoms with van der Waals surface area (Å²) >= 11 is 0. The highest BCUT2D eigenvalue weighted by atomic mass is 19.1. The molecule has 0 bridgehead atoms. The molecular weight excluding hydrogens is 371 g/mol. The molecule has 1 amide bonds. The maximum atomic E-state index is 14.2. The van der Waals surface area contributed by atoms with Gasteiger partial charge < -0.3 is 10.2 Å². The van der Waals surface area contributed by atoms with Crippen LogP contribution in [0.4, 0.5) is 4.39 Å². The summed E-state index contributed by atoms with van der Waals surface area (Å²) in [5, 5.41) is 6.89. The minimum Gasteiger partial charge on any atom is -0.346 e. The molecule has 6 nitrogen and oxygen atoms in total. The predicted molar refractivity (Wildman–Crippen MR) is 110 cm³/mol. The fraction of sp³-hybridized carbons (Fsp3) is 0.227. The predicted octanol–water partition coefficient (Wildman–Crippen LogP) is 2.67. The van der Waals surface area contributed by atoms with Crippen molar-refractivity contribution in [1.29, 1.82) is 0 Å². The number of benzene rings is 2. The minimum atomic E-state index is -0.597. The van der Waals surface area contributed by atoms with E-state index in [1.807, 2.05) is 43.3 Å². The largest absolute Gasteiger partial charge is 0.346 e. The molecule has 3 aromatic rings. The molecule has 0 saturated carbocycles. The highest BCUT2D eigenvalue weighted by molar-refractivity contribution is 5.92. The van der Waals surface area contributed by atoms with Gasteiger partial charge in [0.15, 0.2) is 5.69 Å². The quantitative estimate of drug-likeness (QED) is 0.698. The Kier molecular flexibility index (Phi) is 6.19. The molecule has 0 aliphatic carbocycles. The van der Waals surface area contributed by atoms with Crippen LogP contribution in [0.25, 0.3) is 5.69 Å². The number of para-hydroxylation sites is 1. The standard InChI is InChI=1S/C22H23FN4O2/c1-15-12-20(28)21(25-27(15)19-11-7-6-10-18(19)23)22(29)24-13-16-8-4-5-9-17(16)14-26(2)3/h4-12H,13-14H2,1-3H3,(H,24,29). The Labute approximate surface area is 168 Å². The van der Waals surface area contributed by atoms with Crippen molar-refractivity contribution in [3.8, 4) is 5.69 Å². The molecule has 2 aromatic carbocycles. The monoisotopic (exact) mass is 394 g/mol. The van der Waals surface area contributed by atoms with Gasteiger partial charge in [-0.3, -0.25) is 9.59 Å². The van der Waals surface area contributed by atoms with Crippen LogP contribution in [0.1, 0.15) is 27.3 Å². The summed E-state index contributed by atoms with van der Waals surface area (Å²) in [5.74, 6) is -1.09. The summed E-state index contributed by atoms with van der Waals surface area (Å²) in [6, 6.07) is 15.1. The summed E-state index contributed by atoms with van der Waals surface area (Å²) in [6.45, 7) is 2.63. The number of nitrogens with zero attached hydrogens (tertiary/aromatic N) is 3. The minimum absolute atomic E-state index is 0.176. The van der Waals surface area contributed by atoms with Crippen LogP contribution in [0.15, 0.2) is 59.4 Å². The molecule has 3 rings (SSSR count). The van der Waals surface area contributed by atoms with Gasteiger partial charge in [0.25, 0.3) is 5.91 Å². The molecule has 150 valence electrons. The van der Waals surface area contributed by atoms with Crippen molar-refractivity contribution in [2.45, 2.75) is 20.0 Å². The lowest BCUT2D eigenvalue weighted by Crippen LogP contribution is -2.32. The van der Waals surface area contributed by atoms with E-state index in [-0.39, 0.29) is 17.9 Å². The molecular formula is C22H23FN4O2. The second kappa shape index (κ2) is 8.79. The Balaban J connectivity index is 1.86. The van der Waals surface area contributed by atoms with E-state index in [1.165, 1.54) is 16.8 Å². The zero-order valence-electron chi connectivity index (χ0n) is 16.6. The summed E-state index contributed by atoms with van der Waals surface area (Å²) in [6.07, 6.45) is 0. The second-order valence-electron chi connectivity index (χ2n) is 7.05. The number of rotatable bonds is 6. The van der Waals surface area contributed by atoms with Crippen LogP contribution in [-0.2, 0) is 13.1 Å². The Bertz CT molecular complexity index is 1090. The van der Waals surface area contributed by atoms with E-state index in [2.05, 4.69) is 10.4 Å². The first-order chi connectivity index (χ1) is 13.9. The molecule has 1 heterocycles.